The molecule has 3 rings (SSSR count). The molecule has 2 unspecified atom stereocenters. The Kier molecular flexibility index (Phi) is 3.21. The lowest BCUT2D eigenvalue weighted by atomic mass is 9.88. The fourth-order valence-corrected chi connectivity index (χ4v) is 4.06. The lowest BCUT2D eigenvalue weighted by molar-refractivity contribution is 0.0448. The monoisotopic (exact) mass is 251 g/mol. The molecule has 0 bridgehead atoms. The van der Waals surface area contributed by atoms with Gasteiger partial charge < -0.3 is 5.32 Å². The quantitative estimate of drug-likeness (QED) is 0.755. The van der Waals surface area contributed by atoms with Crippen LogP contribution in [0.25, 0.3) is 0 Å². The molecule has 2 saturated carbocycles. The van der Waals surface area contributed by atoms with Gasteiger partial charge in [-0.15, -0.1) is 12.4 Å². The first-order valence-corrected chi connectivity index (χ1v) is 6.27. The maximum absolute atomic E-state index is 13.9. The summed E-state index contributed by atoms with van der Waals surface area (Å²) in [6, 6.07) is 0. The lowest BCUT2D eigenvalue weighted by Gasteiger charge is -2.24. The van der Waals surface area contributed by atoms with Gasteiger partial charge in [-0.25, -0.2) is 8.78 Å². The van der Waals surface area contributed by atoms with Crippen LogP contribution in [0.15, 0.2) is 0 Å². The molecule has 0 amide bonds. The predicted octanol–water partition coefficient (Wildman–Crippen LogP) is 3.23. The van der Waals surface area contributed by atoms with E-state index in [4.69, 9.17) is 0 Å². The highest BCUT2D eigenvalue weighted by Gasteiger charge is 2.81. The first-order chi connectivity index (χ1) is 7.18. The second kappa shape index (κ2) is 4.09. The molecule has 3 fully saturated rings. The van der Waals surface area contributed by atoms with Crippen molar-refractivity contribution in [2.75, 3.05) is 13.1 Å². The summed E-state index contributed by atoms with van der Waals surface area (Å²) in [6.07, 6.45) is 6.10. The molecular weight excluding hydrogens is 232 g/mol. The summed E-state index contributed by atoms with van der Waals surface area (Å²) in [4.78, 5) is 0. The fourth-order valence-electron chi connectivity index (χ4n) is 4.06. The summed E-state index contributed by atoms with van der Waals surface area (Å²) in [5.74, 6) is -2.34. The third-order valence-corrected chi connectivity index (χ3v) is 4.85. The van der Waals surface area contributed by atoms with Crippen LogP contribution in [0.2, 0.25) is 0 Å². The van der Waals surface area contributed by atoms with Crippen LogP contribution in [0.4, 0.5) is 8.78 Å². The first-order valence-electron chi connectivity index (χ1n) is 6.27. The van der Waals surface area contributed by atoms with E-state index in [-0.39, 0.29) is 18.3 Å². The van der Waals surface area contributed by atoms with Crippen molar-refractivity contribution in [3.05, 3.63) is 0 Å². The number of nitrogens with one attached hydrogen (secondary N) is 1. The van der Waals surface area contributed by atoms with E-state index in [9.17, 15) is 8.78 Å². The molecule has 1 N–H and O–H groups in total. The third kappa shape index (κ3) is 1.51. The van der Waals surface area contributed by atoms with E-state index in [1.165, 1.54) is 12.8 Å². The van der Waals surface area contributed by atoms with E-state index in [0.29, 0.717) is 12.5 Å². The molecule has 2 atom stereocenters. The number of rotatable bonds is 1. The summed E-state index contributed by atoms with van der Waals surface area (Å²) in [7, 11) is 0. The number of piperidine rings is 1. The zero-order valence-electron chi connectivity index (χ0n) is 9.48. The Hall–Kier alpha value is 0.110. The van der Waals surface area contributed by atoms with Crippen molar-refractivity contribution in [3.8, 4) is 0 Å². The maximum atomic E-state index is 13.9. The van der Waals surface area contributed by atoms with Crippen molar-refractivity contribution in [1.29, 1.82) is 0 Å². The fraction of sp³-hybridized carbons (Fsp3) is 1.00. The van der Waals surface area contributed by atoms with Gasteiger partial charge in [-0.05, 0) is 38.1 Å². The van der Waals surface area contributed by atoms with E-state index >= 15 is 0 Å². The van der Waals surface area contributed by atoms with Crippen molar-refractivity contribution in [2.45, 2.75) is 44.4 Å². The van der Waals surface area contributed by atoms with Crippen molar-refractivity contribution in [3.63, 3.8) is 0 Å². The van der Waals surface area contributed by atoms with Crippen LogP contribution in [0.1, 0.15) is 38.5 Å². The highest BCUT2D eigenvalue weighted by Crippen LogP contribution is 2.72. The van der Waals surface area contributed by atoms with Crippen LogP contribution in [0, 0.1) is 17.3 Å². The van der Waals surface area contributed by atoms with Gasteiger partial charge in [0.05, 0.1) is 5.41 Å². The number of hydrogen-bond donors (Lipinski definition) is 1. The Morgan fingerprint density at radius 3 is 2.31 bits per heavy atom. The molecule has 4 heteroatoms. The zero-order chi connectivity index (χ0) is 10.5. The second-order valence-electron chi connectivity index (χ2n) is 5.58. The molecule has 1 nitrogen and oxygen atoms in total. The molecule has 0 radical (unpaired) electrons. The molecule has 0 aromatic rings. The molecule has 0 aromatic heterocycles. The minimum Gasteiger partial charge on any atom is -0.316 e. The van der Waals surface area contributed by atoms with E-state index in [0.717, 1.165) is 32.2 Å². The molecule has 16 heavy (non-hydrogen) atoms. The van der Waals surface area contributed by atoms with Gasteiger partial charge in [-0.1, -0.05) is 12.8 Å². The van der Waals surface area contributed by atoms with Crippen molar-refractivity contribution in [2.24, 2.45) is 17.3 Å². The van der Waals surface area contributed by atoms with E-state index in [1.54, 1.807) is 0 Å². The SMILES string of the molecule is Cl.FC1(F)C(C2CCCC2)C12CCCNC2. The topological polar surface area (TPSA) is 12.0 Å². The average molecular weight is 252 g/mol. The van der Waals surface area contributed by atoms with Crippen LogP contribution in [0.3, 0.4) is 0 Å². The number of alkyl halides is 2. The van der Waals surface area contributed by atoms with Crippen LogP contribution < -0.4 is 5.32 Å². The van der Waals surface area contributed by atoms with Gasteiger partial charge in [0.25, 0.3) is 5.92 Å². The highest BCUT2D eigenvalue weighted by molar-refractivity contribution is 5.85. The minimum atomic E-state index is -2.37. The molecule has 0 aromatic carbocycles. The van der Waals surface area contributed by atoms with Gasteiger partial charge in [0.1, 0.15) is 0 Å². The Morgan fingerprint density at radius 1 is 1.06 bits per heavy atom. The smallest absolute Gasteiger partial charge is 0.259 e. The molecule has 94 valence electrons. The predicted molar refractivity (Wildman–Crippen MR) is 62.2 cm³/mol. The van der Waals surface area contributed by atoms with Crippen LogP contribution in [-0.2, 0) is 0 Å². The summed E-state index contributed by atoms with van der Waals surface area (Å²) in [6.45, 7) is 1.48. The number of halogens is 3. The molecule has 1 heterocycles. The molecule has 1 aliphatic heterocycles. The number of hydrogen-bond acceptors (Lipinski definition) is 1. The Labute approximate surface area is 102 Å². The van der Waals surface area contributed by atoms with Crippen molar-refractivity contribution < 1.29 is 8.78 Å². The van der Waals surface area contributed by atoms with Gasteiger partial charge in [-0.2, -0.15) is 0 Å². The average Bonchev–Trinajstić information content (AvgIpc) is 2.63. The lowest BCUT2D eigenvalue weighted by Crippen LogP contribution is -2.35. The van der Waals surface area contributed by atoms with Crippen LogP contribution >= 0.6 is 12.4 Å². The van der Waals surface area contributed by atoms with Crippen molar-refractivity contribution in [1.82, 2.24) is 5.32 Å². The van der Waals surface area contributed by atoms with Gasteiger partial charge in [0.2, 0.25) is 0 Å². The van der Waals surface area contributed by atoms with E-state index in [1.807, 2.05) is 0 Å². The summed E-state index contributed by atoms with van der Waals surface area (Å²) in [5, 5.41) is 3.17. The van der Waals surface area contributed by atoms with Crippen LogP contribution in [0.5, 0.6) is 0 Å². The Morgan fingerprint density at radius 2 is 1.75 bits per heavy atom. The van der Waals surface area contributed by atoms with Crippen LogP contribution in [-0.4, -0.2) is 19.0 Å². The van der Waals surface area contributed by atoms with Gasteiger partial charge in [0.15, 0.2) is 0 Å². The highest BCUT2D eigenvalue weighted by atomic mass is 35.5. The summed E-state index contributed by atoms with van der Waals surface area (Å²) >= 11 is 0. The largest absolute Gasteiger partial charge is 0.316 e. The van der Waals surface area contributed by atoms with Crippen molar-refractivity contribution >= 4 is 12.4 Å². The van der Waals surface area contributed by atoms with Gasteiger partial charge in [-0.3, -0.25) is 0 Å². The van der Waals surface area contributed by atoms with E-state index < -0.39 is 11.3 Å². The van der Waals surface area contributed by atoms with Gasteiger partial charge in [0, 0.05) is 12.5 Å². The Balaban J connectivity index is 0.000000963. The summed E-state index contributed by atoms with van der Waals surface area (Å²) in [5.41, 5.74) is -0.639. The van der Waals surface area contributed by atoms with Gasteiger partial charge >= 0.3 is 0 Å². The standard InChI is InChI=1S/C12H19F2N.ClH/c13-12(14)10(9-4-1-2-5-9)11(12)6-3-7-15-8-11;/h9-10,15H,1-8H2;1H. The molecule has 2 aliphatic carbocycles. The molecule has 3 aliphatic rings. The third-order valence-electron chi connectivity index (χ3n) is 4.85. The normalized spacial score (nSPS) is 42.0. The minimum absolute atomic E-state index is 0. The molecular formula is C12H20ClF2N. The second-order valence-corrected chi connectivity index (χ2v) is 5.58. The maximum Gasteiger partial charge on any atom is 0.259 e. The molecule has 1 saturated heterocycles. The van der Waals surface area contributed by atoms with E-state index in [2.05, 4.69) is 5.32 Å². The zero-order valence-corrected chi connectivity index (χ0v) is 10.3. The summed E-state index contributed by atoms with van der Waals surface area (Å²) < 4.78 is 27.9. The molecule has 1 spiro atoms. The first kappa shape index (κ1) is 12.6. The Bertz CT molecular complexity index is 258.